The van der Waals surface area contributed by atoms with Crippen LogP contribution in [0.15, 0.2) is 24.3 Å². The Morgan fingerprint density at radius 2 is 1.82 bits per heavy atom. The van der Waals surface area contributed by atoms with Crippen LogP contribution in [0.25, 0.3) is 0 Å². The number of carbonyl (C=O) groups excluding carboxylic acids is 2. The molecule has 7 heteroatoms. The van der Waals surface area contributed by atoms with Gasteiger partial charge >= 0.3 is 0 Å². The van der Waals surface area contributed by atoms with Gasteiger partial charge < -0.3 is 15.5 Å². The van der Waals surface area contributed by atoms with Crippen LogP contribution in [0.1, 0.15) is 38.5 Å². The number of carbonyl (C=O) groups is 2. The maximum atomic E-state index is 13.2. The van der Waals surface area contributed by atoms with Crippen molar-refractivity contribution in [2.75, 3.05) is 18.5 Å². The summed E-state index contributed by atoms with van der Waals surface area (Å²) in [6, 6.07) is 7.22. The first-order valence-electron chi connectivity index (χ1n) is 10.1. The molecular weight excluding hydrogens is 397 g/mol. The SMILES string of the molecule is CN(C(=O)C1CC2CCCC(C1)C2N)C1CCN(c2ccccc2Cl)C1=O.Cl. The van der Waals surface area contributed by atoms with Gasteiger partial charge in [0, 0.05) is 25.6 Å². The first-order chi connectivity index (χ1) is 13.0. The molecule has 5 nitrogen and oxygen atoms in total. The van der Waals surface area contributed by atoms with Crippen LogP contribution in [-0.4, -0.2) is 42.4 Å². The van der Waals surface area contributed by atoms with Gasteiger partial charge in [0.25, 0.3) is 0 Å². The van der Waals surface area contributed by atoms with E-state index < -0.39 is 6.04 Å². The van der Waals surface area contributed by atoms with Gasteiger partial charge in [-0.3, -0.25) is 9.59 Å². The molecule has 3 unspecified atom stereocenters. The fourth-order valence-electron chi connectivity index (χ4n) is 5.37. The molecule has 0 aromatic heterocycles. The number of hydrogen-bond acceptors (Lipinski definition) is 3. The lowest BCUT2D eigenvalue weighted by molar-refractivity contribution is -0.142. The summed E-state index contributed by atoms with van der Waals surface area (Å²) >= 11 is 6.26. The van der Waals surface area contributed by atoms with Crippen LogP contribution in [0.5, 0.6) is 0 Å². The van der Waals surface area contributed by atoms with Gasteiger partial charge in [-0.1, -0.05) is 30.2 Å². The Morgan fingerprint density at radius 1 is 1.18 bits per heavy atom. The summed E-state index contributed by atoms with van der Waals surface area (Å²) in [5, 5.41) is 0.564. The van der Waals surface area contributed by atoms with Crippen molar-refractivity contribution in [2.45, 2.75) is 50.6 Å². The van der Waals surface area contributed by atoms with Gasteiger partial charge in [0.05, 0.1) is 10.7 Å². The van der Waals surface area contributed by atoms with Crippen LogP contribution >= 0.6 is 24.0 Å². The van der Waals surface area contributed by atoms with Crippen LogP contribution in [0, 0.1) is 17.8 Å². The molecule has 1 aromatic rings. The largest absolute Gasteiger partial charge is 0.333 e. The molecular formula is C21H29Cl2N3O2. The third-order valence-electron chi connectivity index (χ3n) is 6.90. The van der Waals surface area contributed by atoms with E-state index in [4.69, 9.17) is 17.3 Å². The smallest absolute Gasteiger partial charge is 0.249 e. The van der Waals surface area contributed by atoms with E-state index in [1.165, 1.54) is 6.42 Å². The van der Waals surface area contributed by atoms with Crippen LogP contribution < -0.4 is 10.6 Å². The molecule has 3 fully saturated rings. The normalized spacial score (nSPS) is 32.0. The average Bonchev–Trinajstić information content (AvgIpc) is 3.02. The second-order valence-corrected chi connectivity index (χ2v) is 8.80. The number of halogens is 2. The number of amides is 2. The minimum Gasteiger partial charge on any atom is -0.333 e. The van der Waals surface area contributed by atoms with Crippen molar-refractivity contribution in [3.05, 3.63) is 29.3 Å². The second-order valence-electron chi connectivity index (χ2n) is 8.39. The van der Waals surface area contributed by atoms with Crippen molar-refractivity contribution in [2.24, 2.45) is 23.5 Å². The summed E-state index contributed by atoms with van der Waals surface area (Å²) in [6.07, 6.45) is 5.88. The molecule has 28 heavy (non-hydrogen) atoms. The molecule has 4 rings (SSSR count). The van der Waals surface area contributed by atoms with Gasteiger partial charge in [-0.25, -0.2) is 0 Å². The highest BCUT2D eigenvalue weighted by atomic mass is 35.5. The molecule has 1 aromatic carbocycles. The van der Waals surface area contributed by atoms with Crippen molar-refractivity contribution < 1.29 is 9.59 Å². The van der Waals surface area contributed by atoms with Gasteiger partial charge in [-0.05, 0) is 56.1 Å². The fourth-order valence-corrected chi connectivity index (χ4v) is 5.60. The predicted octanol–water partition coefficient (Wildman–Crippen LogP) is 3.48. The molecule has 2 saturated carbocycles. The van der Waals surface area contributed by atoms with E-state index in [1.807, 2.05) is 18.2 Å². The summed E-state index contributed by atoms with van der Waals surface area (Å²) in [5.74, 6) is 0.995. The second kappa shape index (κ2) is 8.60. The number of nitrogens with two attached hydrogens (primary N) is 1. The zero-order valence-electron chi connectivity index (χ0n) is 16.2. The van der Waals surface area contributed by atoms with Crippen molar-refractivity contribution in [1.82, 2.24) is 4.90 Å². The highest BCUT2D eigenvalue weighted by molar-refractivity contribution is 6.34. The molecule has 2 N–H and O–H groups in total. The van der Waals surface area contributed by atoms with Crippen molar-refractivity contribution in [1.29, 1.82) is 0 Å². The van der Waals surface area contributed by atoms with Crippen LogP contribution in [0.3, 0.4) is 0 Å². The van der Waals surface area contributed by atoms with Gasteiger partial charge in [0.15, 0.2) is 0 Å². The zero-order valence-corrected chi connectivity index (χ0v) is 17.8. The standard InChI is InChI=1S/C21H28ClN3O2.ClH/c1-24(20(26)15-11-13-5-4-6-14(12-15)19(13)23)18-9-10-25(21(18)27)17-8-3-2-7-16(17)22;/h2-3,7-8,13-15,18-19H,4-6,9-12,23H2,1H3;1H. The Hall–Kier alpha value is -1.30. The number of likely N-dealkylation sites (N-methyl/N-ethyl adjacent to an activating group) is 1. The van der Waals surface area contributed by atoms with Crippen LogP contribution in [0.2, 0.25) is 5.02 Å². The molecule has 0 spiro atoms. The Kier molecular flexibility index (Phi) is 6.58. The van der Waals surface area contributed by atoms with Crippen molar-refractivity contribution in [3.8, 4) is 0 Å². The molecule has 3 atom stereocenters. The van der Waals surface area contributed by atoms with E-state index in [-0.39, 0.29) is 36.2 Å². The number of benzene rings is 1. The average molecular weight is 426 g/mol. The van der Waals surface area contributed by atoms with E-state index >= 15 is 0 Å². The predicted molar refractivity (Wildman–Crippen MR) is 114 cm³/mol. The summed E-state index contributed by atoms with van der Waals surface area (Å²) in [6.45, 7) is 0.589. The number of nitrogens with zero attached hydrogens (tertiary/aromatic N) is 2. The molecule has 1 heterocycles. The van der Waals surface area contributed by atoms with E-state index in [9.17, 15) is 9.59 Å². The Morgan fingerprint density at radius 3 is 2.46 bits per heavy atom. The minimum atomic E-state index is -0.399. The highest BCUT2D eigenvalue weighted by Crippen LogP contribution is 2.42. The zero-order chi connectivity index (χ0) is 19.1. The maximum absolute atomic E-state index is 13.2. The summed E-state index contributed by atoms with van der Waals surface area (Å²) in [7, 11) is 1.78. The highest BCUT2D eigenvalue weighted by Gasteiger charge is 2.44. The van der Waals surface area contributed by atoms with E-state index in [0.29, 0.717) is 29.8 Å². The molecule has 3 aliphatic rings. The Bertz CT molecular complexity index is 730. The molecule has 2 bridgehead atoms. The third-order valence-corrected chi connectivity index (χ3v) is 7.22. The lowest BCUT2D eigenvalue weighted by Gasteiger charge is -2.44. The van der Waals surface area contributed by atoms with Crippen molar-refractivity contribution in [3.63, 3.8) is 0 Å². The Labute approximate surface area is 178 Å². The summed E-state index contributed by atoms with van der Waals surface area (Å²) < 4.78 is 0. The van der Waals surface area contributed by atoms with Crippen molar-refractivity contribution >= 4 is 41.5 Å². The lowest BCUT2D eigenvalue weighted by atomic mass is 9.65. The molecule has 0 radical (unpaired) electrons. The van der Waals surface area contributed by atoms with Gasteiger partial charge in [0.2, 0.25) is 11.8 Å². The molecule has 154 valence electrons. The molecule has 2 amide bonds. The third kappa shape index (κ3) is 3.77. The number of para-hydroxylation sites is 1. The fraction of sp³-hybridized carbons (Fsp3) is 0.619. The topological polar surface area (TPSA) is 66.6 Å². The van der Waals surface area contributed by atoms with Crippen LogP contribution in [0.4, 0.5) is 5.69 Å². The molecule has 1 saturated heterocycles. The molecule has 2 aliphatic carbocycles. The van der Waals surface area contributed by atoms with E-state index in [0.717, 1.165) is 31.4 Å². The van der Waals surface area contributed by atoms with Crippen LogP contribution in [-0.2, 0) is 9.59 Å². The maximum Gasteiger partial charge on any atom is 0.249 e. The van der Waals surface area contributed by atoms with Gasteiger partial charge in [-0.15, -0.1) is 12.4 Å². The minimum absolute atomic E-state index is 0. The monoisotopic (exact) mass is 425 g/mol. The number of anilines is 1. The Balaban J connectivity index is 0.00000225. The van der Waals surface area contributed by atoms with E-state index in [2.05, 4.69) is 0 Å². The summed E-state index contributed by atoms with van der Waals surface area (Å²) in [5.41, 5.74) is 7.09. The quantitative estimate of drug-likeness (QED) is 0.805. The van der Waals surface area contributed by atoms with Gasteiger partial charge in [-0.2, -0.15) is 0 Å². The number of hydrogen-bond donors (Lipinski definition) is 1. The first-order valence-corrected chi connectivity index (χ1v) is 10.4. The molecule has 1 aliphatic heterocycles. The summed E-state index contributed by atoms with van der Waals surface area (Å²) in [4.78, 5) is 29.6. The van der Waals surface area contributed by atoms with Gasteiger partial charge in [0.1, 0.15) is 6.04 Å². The van der Waals surface area contributed by atoms with E-state index in [1.54, 1.807) is 22.9 Å². The number of rotatable bonds is 3. The first kappa shape index (κ1) is 21.4. The lowest BCUT2D eigenvalue weighted by Crippen LogP contribution is -2.51. The number of fused-ring (bicyclic) bond motifs is 2.